The third-order valence-corrected chi connectivity index (χ3v) is 7.23. The van der Waals surface area contributed by atoms with Gasteiger partial charge in [-0.3, -0.25) is 14.5 Å². The average Bonchev–Trinajstić information content (AvgIpc) is 3.32. The molecule has 0 spiro atoms. The first-order chi connectivity index (χ1) is 14.3. The van der Waals surface area contributed by atoms with Crippen LogP contribution in [0.2, 0.25) is 0 Å². The normalized spacial score (nSPS) is 17.7. The van der Waals surface area contributed by atoms with E-state index >= 15 is 0 Å². The van der Waals surface area contributed by atoms with E-state index in [9.17, 15) is 13.2 Å². The minimum atomic E-state index is -3.08. The SMILES string of the molecule is Cc1ccc(-c2cc(C(=O)NCc3ccccn3)nn2[C@H]2CCS(=O)(=O)C2)cc1C. The number of rotatable bonds is 5. The van der Waals surface area contributed by atoms with Gasteiger partial charge in [-0.05, 0) is 55.7 Å². The molecular weight excluding hydrogens is 400 g/mol. The Hall–Kier alpha value is -3.00. The molecule has 1 aliphatic heterocycles. The van der Waals surface area contributed by atoms with E-state index in [2.05, 4.69) is 15.4 Å². The molecule has 1 aromatic carbocycles. The number of pyridine rings is 1. The molecule has 1 aliphatic rings. The second-order valence-corrected chi connectivity index (χ2v) is 9.95. The lowest BCUT2D eigenvalue weighted by molar-refractivity contribution is 0.0944. The first-order valence-electron chi connectivity index (χ1n) is 9.88. The van der Waals surface area contributed by atoms with Gasteiger partial charge in [-0.25, -0.2) is 8.42 Å². The van der Waals surface area contributed by atoms with E-state index in [-0.39, 0.29) is 29.1 Å². The molecule has 156 valence electrons. The molecule has 0 unspecified atom stereocenters. The monoisotopic (exact) mass is 424 g/mol. The van der Waals surface area contributed by atoms with Gasteiger partial charge in [0.25, 0.3) is 5.91 Å². The molecule has 1 N–H and O–H groups in total. The van der Waals surface area contributed by atoms with Crippen molar-refractivity contribution in [1.29, 1.82) is 0 Å². The number of aromatic nitrogens is 3. The van der Waals surface area contributed by atoms with Crippen LogP contribution in [0, 0.1) is 13.8 Å². The lowest BCUT2D eigenvalue weighted by Gasteiger charge is -2.14. The Balaban J connectivity index is 1.66. The summed E-state index contributed by atoms with van der Waals surface area (Å²) in [6, 6.07) is 13.0. The van der Waals surface area contributed by atoms with E-state index in [1.807, 2.05) is 50.2 Å². The van der Waals surface area contributed by atoms with E-state index in [1.165, 1.54) is 5.56 Å². The maximum Gasteiger partial charge on any atom is 0.272 e. The number of nitrogens with zero attached hydrogens (tertiary/aromatic N) is 3. The zero-order valence-corrected chi connectivity index (χ0v) is 17.8. The van der Waals surface area contributed by atoms with E-state index in [0.29, 0.717) is 13.0 Å². The number of carbonyl (C=O) groups excluding carboxylic acids is 1. The summed E-state index contributed by atoms with van der Waals surface area (Å²) in [7, 11) is -3.08. The van der Waals surface area contributed by atoms with E-state index in [0.717, 1.165) is 22.5 Å². The zero-order valence-electron chi connectivity index (χ0n) is 17.0. The Bertz CT molecular complexity index is 1190. The first kappa shape index (κ1) is 20.3. The largest absolute Gasteiger partial charge is 0.345 e. The van der Waals surface area contributed by atoms with E-state index in [4.69, 9.17) is 0 Å². The quantitative estimate of drug-likeness (QED) is 0.680. The summed E-state index contributed by atoms with van der Waals surface area (Å²) in [4.78, 5) is 16.9. The van der Waals surface area contributed by atoms with Gasteiger partial charge in [0.1, 0.15) is 0 Å². The summed E-state index contributed by atoms with van der Waals surface area (Å²) in [6.07, 6.45) is 2.17. The Kier molecular flexibility index (Phi) is 5.42. The number of hydrogen-bond acceptors (Lipinski definition) is 5. The molecule has 2 aromatic heterocycles. The van der Waals surface area contributed by atoms with Gasteiger partial charge in [0.15, 0.2) is 15.5 Å². The van der Waals surface area contributed by atoms with Gasteiger partial charge in [0.05, 0.1) is 35.5 Å². The molecule has 0 radical (unpaired) electrons. The third kappa shape index (κ3) is 4.28. The van der Waals surface area contributed by atoms with Crippen molar-refractivity contribution in [2.24, 2.45) is 0 Å². The highest BCUT2D eigenvalue weighted by Crippen LogP contribution is 2.31. The highest BCUT2D eigenvalue weighted by Gasteiger charge is 2.32. The van der Waals surface area contributed by atoms with Crippen LogP contribution >= 0.6 is 0 Å². The maximum absolute atomic E-state index is 12.7. The molecule has 0 aliphatic carbocycles. The molecule has 8 heteroatoms. The highest BCUT2D eigenvalue weighted by molar-refractivity contribution is 7.91. The fraction of sp³-hybridized carbons (Fsp3) is 0.318. The summed E-state index contributed by atoms with van der Waals surface area (Å²) in [6.45, 7) is 4.36. The summed E-state index contributed by atoms with van der Waals surface area (Å²) in [5.74, 6) is -0.127. The summed E-state index contributed by atoms with van der Waals surface area (Å²) >= 11 is 0. The lowest BCUT2D eigenvalue weighted by Crippen LogP contribution is -2.24. The maximum atomic E-state index is 12.7. The van der Waals surface area contributed by atoms with Crippen molar-refractivity contribution in [2.45, 2.75) is 32.9 Å². The van der Waals surface area contributed by atoms with Crippen molar-refractivity contribution < 1.29 is 13.2 Å². The number of amides is 1. The Morgan fingerprint density at radius 1 is 1.17 bits per heavy atom. The van der Waals surface area contributed by atoms with Gasteiger partial charge in [0, 0.05) is 11.8 Å². The molecule has 0 bridgehead atoms. The molecule has 3 heterocycles. The molecule has 1 saturated heterocycles. The van der Waals surface area contributed by atoms with E-state index in [1.54, 1.807) is 16.9 Å². The van der Waals surface area contributed by atoms with Gasteiger partial charge in [0.2, 0.25) is 0 Å². The lowest BCUT2D eigenvalue weighted by atomic mass is 10.0. The van der Waals surface area contributed by atoms with Crippen LogP contribution in [0.4, 0.5) is 0 Å². The molecular formula is C22H24N4O3S. The van der Waals surface area contributed by atoms with Crippen LogP contribution in [0.5, 0.6) is 0 Å². The average molecular weight is 425 g/mol. The van der Waals surface area contributed by atoms with Gasteiger partial charge >= 0.3 is 0 Å². The van der Waals surface area contributed by atoms with Crippen molar-refractivity contribution in [2.75, 3.05) is 11.5 Å². The van der Waals surface area contributed by atoms with Gasteiger partial charge in [-0.15, -0.1) is 0 Å². The molecule has 7 nitrogen and oxygen atoms in total. The Morgan fingerprint density at radius 3 is 2.67 bits per heavy atom. The predicted molar refractivity (Wildman–Crippen MR) is 115 cm³/mol. The second kappa shape index (κ2) is 8.02. The fourth-order valence-electron chi connectivity index (χ4n) is 3.63. The first-order valence-corrected chi connectivity index (χ1v) is 11.7. The number of nitrogens with one attached hydrogen (secondary N) is 1. The van der Waals surface area contributed by atoms with Crippen molar-refractivity contribution >= 4 is 15.7 Å². The van der Waals surface area contributed by atoms with Crippen LogP contribution in [0.1, 0.15) is 39.8 Å². The predicted octanol–water partition coefficient (Wildman–Crippen LogP) is 2.85. The molecule has 0 saturated carbocycles. The molecule has 4 rings (SSSR count). The minimum absolute atomic E-state index is 0.0432. The van der Waals surface area contributed by atoms with Gasteiger partial charge < -0.3 is 5.32 Å². The topological polar surface area (TPSA) is 93.9 Å². The molecule has 3 aromatic rings. The van der Waals surface area contributed by atoms with Gasteiger partial charge in [-0.1, -0.05) is 18.2 Å². The summed E-state index contributed by atoms with van der Waals surface area (Å²) < 4.78 is 25.8. The number of carbonyl (C=O) groups is 1. The molecule has 1 fully saturated rings. The van der Waals surface area contributed by atoms with Crippen LogP contribution in [0.25, 0.3) is 11.3 Å². The zero-order chi connectivity index (χ0) is 21.3. The van der Waals surface area contributed by atoms with E-state index < -0.39 is 9.84 Å². The van der Waals surface area contributed by atoms with Crippen LogP contribution in [-0.4, -0.2) is 40.6 Å². The molecule has 30 heavy (non-hydrogen) atoms. The standard InChI is InChI=1S/C22H24N4O3S/c1-15-6-7-17(11-16(15)2)21-12-20(22(27)24-13-18-5-3-4-9-23-18)25-26(21)19-8-10-30(28,29)14-19/h3-7,9,11-12,19H,8,10,13-14H2,1-2H3,(H,24,27)/t19-/m0/s1. The van der Waals surface area contributed by atoms with Crippen molar-refractivity contribution in [1.82, 2.24) is 20.1 Å². The third-order valence-electron chi connectivity index (χ3n) is 5.48. The number of hydrogen-bond donors (Lipinski definition) is 1. The second-order valence-electron chi connectivity index (χ2n) is 7.72. The van der Waals surface area contributed by atoms with Gasteiger partial charge in [-0.2, -0.15) is 5.10 Å². The molecule has 1 amide bonds. The van der Waals surface area contributed by atoms with Crippen LogP contribution in [0.3, 0.4) is 0 Å². The minimum Gasteiger partial charge on any atom is -0.345 e. The number of aryl methyl sites for hydroxylation is 2. The Labute approximate surface area is 176 Å². The van der Waals surface area contributed by atoms with Crippen LogP contribution in [-0.2, 0) is 16.4 Å². The smallest absolute Gasteiger partial charge is 0.272 e. The highest BCUT2D eigenvalue weighted by atomic mass is 32.2. The van der Waals surface area contributed by atoms with Crippen molar-refractivity contribution in [3.63, 3.8) is 0 Å². The van der Waals surface area contributed by atoms with Crippen LogP contribution < -0.4 is 5.32 Å². The van der Waals surface area contributed by atoms with Crippen molar-refractivity contribution in [3.8, 4) is 11.3 Å². The molecule has 1 atom stereocenters. The fourth-order valence-corrected chi connectivity index (χ4v) is 5.32. The summed E-state index contributed by atoms with van der Waals surface area (Å²) in [5.41, 5.74) is 4.98. The van der Waals surface area contributed by atoms with Crippen LogP contribution in [0.15, 0.2) is 48.7 Å². The van der Waals surface area contributed by atoms with Crippen molar-refractivity contribution in [3.05, 3.63) is 71.2 Å². The number of benzene rings is 1. The summed E-state index contributed by atoms with van der Waals surface area (Å²) in [5, 5.41) is 7.36. The Morgan fingerprint density at radius 2 is 2.00 bits per heavy atom. The number of sulfone groups is 1.